The molecule has 0 bridgehead atoms. The largest absolute Gasteiger partial charge is 0.467 e. The van der Waals surface area contributed by atoms with Crippen LogP contribution in [0.1, 0.15) is 11.3 Å². The monoisotopic (exact) mass is 542 g/mol. The van der Waals surface area contributed by atoms with Crippen LogP contribution < -0.4 is 25.5 Å². The maximum absolute atomic E-state index is 13.4. The zero-order chi connectivity index (χ0) is 26.0. The van der Waals surface area contributed by atoms with Crippen molar-refractivity contribution in [1.29, 1.82) is 0 Å². The van der Waals surface area contributed by atoms with Crippen molar-refractivity contribution in [3.63, 3.8) is 0 Å². The highest BCUT2D eigenvalue weighted by Crippen LogP contribution is 2.35. The first kappa shape index (κ1) is 24.9. The molecule has 3 N–H and O–H groups in total. The Kier molecular flexibility index (Phi) is 6.91. The summed E-state index contributed by atoms with van der Waals surface area (Å²) in [5.41, 5.74) is 1.00. The van der Waals surface area contributed by atoms with Crippen LogP contribution in [0.5, 0.6) is 11.5 Å². The van der Waals surface area contributed by atoms with E-state index in [-0.39, 0.29) is 35.5 Å². The lowest BCUT2D eigenvalue weighted by atomic mass is 10.1. The van der Waals surface area contributed by atoms with Crippen LogP contribution in [0.3, 0.4) is 0 Å². The van der Waals surface area contributed by atoms with Crippen LogP contribution in [0.4, 0.5) is 0 Å². The van der Waals surface area contributed by atoms with Gasteiger partial charge in [0.1, 0.15) is 5.76 Å². The fourth-order valence-electron chi connectivity index (χ4n) is 3.77. The Labute approximate surface area is 215 Å². The molecule has 0 unspecified atom stereocenters. The molecule has 0 saturated heterocycles. The molecule has 5 rings (SSSR count). The quantitative estimate of drug-likeness (QED) is 0.238. The number of ether oxygens (including phenoxy) is 2. The molecule has 3 heterocycles. The number of benzene rings is 2. The Morgan fingerprint density at radius 2 is 1.89 bits per heavy atom. The minimum absolute atomic E-state index is 0.0317. The average Bonchev–Trinajstić information content (AvgIpc) is 3.55. The van der Waals surface area contributed by atoms with Crippen LogP contribution in [-0.2, 0) is 27.8 Å². The van der Waals surface area contributed by atoms with E-state index in [1.165, 1.54) is 23.0 Å². The van der Waals surface area contributed by atoms with E-state index >= 15 is 0 Å². The molecule has 0 fully saturated rings. The number of nitrogens with zero attached hydrogens (tertiary/aromatic N) is 2. The number of nitrogens with one attached hydrogen (secondary N) is 1. The van der Waals surface area contributed by atoms with Gasteiger partial charge in [0.15, 0.2) is 16.7 Å². The van der Waals surface area contributed by atoms with Crippen LogP contribution in [0, 0.1) is 0 Å². The van der Waals surface area contributed by atoms with Crippen molar-refractivity contribution in [3.05, 3.63) is 76.5 Å². The van der Waals surface area contributed by atoms with E-state index in [9.17, 15) is 18.0 Å². The normalized spacial score (nSPS) is 12.7. The Bertz CT molecular complexity index is 1620. The zero-order valence-electron chi connectivity index (χ0n) is 19.4. The van der Waals surface area contributed by atoms with Crippen molar-refractivity contribution in [1.82, 2.24) is 14.9 Å². The van der Waals surface area contributed by atoms with Gasteiger partial charge in [0.05, 0.1) is 34.4 Å². The highest BCUT2D eigenvalue weighted by atomic mass is 32.2. The number of rotatable bonds is 9. The topological polar surface area (TPSA) is 156 Å². The molecule has 1 aliphatic rings. The molecule has 4 aromatic rings. The smallest absolute Gasteiger partial charge is 0.262 e. The number of carbonyl (C=O) groups excluding carboxylic acids is 1. The number of nitrogens with two attached hydrogens (primary N) is 1. The number of amides is 1. The molecule has 192 valence electrons. The molecule has 11 nitrogen and oxygen atoms in total. The summed E-state index contributed by atoms with van der Waals surface area (Å²) >= 11 is 1.14. The van der Waals surface area contributed by atoms with Gasteiger partial charge in [-0.05, 0) is 42.3 Å². The van der Waals surface area contributed by atoms with Crippen LogP contribution >= 0.6 is 11.8 Å². The van der Waals surface area contributed by atoms with Crippen LogP contribution in [-0.4, -0.2) is 43.0 Å². The van der Waals surface area contributed by atoms with Gasteiger partial charge in [-0.1, -0.05) is 23.9 Å². The van der Waals surface area contributed by atoms with E-state index in [2.05, 4.69) is 10.3 Å². The number of hydrogen-bond donors (Lipinski definition) is 2. The molecule has 13 heteroatoms. The average molecular weight is 543 g/mol. The van der Waals surface area contributed by atoms with E-state index in [4.69, 9.17) is 19.0 Å². The standard InChI is InChI=1S/C24H22N4O7S2/c25-37(31,32)17-5-3-15(4-6-17)7-8-26-22(29)13-36-24-27-19-11-21-20(34-14-35-21)10-18(19)23(30)28(24)12-16-2-1-9-33-16/h1-6,9-11H,7-8,12-14H2,(H,26,29)(H2,25,31,32). The minimum Gasteiger partial charge on any atom is -0.467 e. The van der Waals surface area contributed by atoms with Crippen LogP contribution in [0.2, 0.25) is 0 Å². The number of furan rings is 1. The predicted molar refractivity (Wildman–Crippen MR) is 135 cm³/mol. The first-order valence-corrected chi connectivity index (χ1v) is 13.7. The van der Waals surface area contributed by atoms with E-state index in [1.807, 2.05) is 0 Å². The summed E-state index contributed by atoms with van der Waals surface area (Å²) in [5.74, 6) is 1.36. The van der Waals surface area contributed by atoms with E-state index in [0.29, 0.717) is 46.3 Å². The zero-order valence-corrected chi connectivity index (χ0v) is 21.0. The third-order valence-corrected chi connectivity index (χ3v) is 7.53. The van der Waals surface area contributed by atoms with E-state index in [1.54, 1.807) is 36.4 Å². The molecular weight excluding hydrogens is 520 g/mol. The fraction of sp³-hybridized carbons (Fsp3) is 0.208. The number of sulfonamides is 1. The summed E-state index contributed by atoms with van der Waals surface area (Å²) in [6.45, 7) is 0.577. The summed E-state index contributed by atoms with van der Waals surface area (Å²) in [5, 5.41) is 8.67. The first-order chi connectivity index (χ1) is 17.8. The van der Waals surface area contributed by atoms with Gasteiger partial charge in [0.2, 0.25) is 22.7 Å². The predicted octanol–water partition coefficient (Wildman–Crippen LogP) is 1.86. The van der Waals surface area contributed by atoms with Gasteiger partial charge >= 0.3 is 0 Å². The third-order valence-electron chi connectivity index (χ3n) is 5.63. The summed E-state index contributed by atoms with van der Waals surface area (Å²) < 4.78 is 40.4. The molecule has 0 atom stereocenters. The van der Waals surface area contributed by atoms with Gasteiger partial charge in [0, 0.05) is 12.6 Å². The Morgan fingerprint density at radius 3 is 2.59 bits per heavy atom. The summed E-state index contributed by atoms with van der Waals surface area (Å²) in [6.07, 6.45) is 2.03. The molecule has 37 heavy (non-hydrogen) atoms. The molecule has 1 amide bonds. The molecule has 0 radical (unpaired) electrons. The molecule has 0 spiro atoms. The van der Waals surface area contributed by atoms with Crippen molar-refractivity contribution in [2.45, 2.75) is 23.0 Å². The molecule has 2 aromatic carbocycles. The lowest BCUT2D eigenvalue weighted by molar-refractivity contribution is -0.118. The van der Waals surface area contributed by atoms with Gasteiger partial charge in [-0.25, -0.2) is 18.5 Å². The number of carbonyl (C=O) groups is 1. The van der Waals surface area contributed by atoms with Gasteiger partial charge in [-0.2, -0.15) is 0 Å². The van der Waals surface area contributed by atoms with Crippen LogP contribution in [0.25, 0.3) is 10.9 Å². The minimum atomic E-state index is -3.75. The maximum atomic E-state index is 13.4. The number of aromatic nitrogens is 2. The fourth-order valence-corrected chi connectivity index (χ4v) is 5.12. The van der Waals surface area contributed by atoms with Crippen molar-refractivity contribution < 1.29 is 27.1 Å². The van der Waals surface area contributed by atoms with E-state index < -0.39 is 10.0 Å². The molecule has 2 aromatic heterocycles. The molecular formula is C24H22N4O7S2. The van der Waals surface area contributed by atoms with Crippen molar-refractivity contribution >= 4 is 38.6 Å². The van der Waals surface area contributed by atoms with Gasteiger partial charge in [-0.15, -0.1) is 0 Å². The Morgan fingerprint density at radius 1 is 1.14 bits per heavy atom. The first-order valence-electron chi connectivity index (χ1n) is 11.2. The second-order valence-electron chi connectivity index (χ2n) is 8.17. The number of fused-ring (bicyclic) bond motifs is 2. The molecule has 0 saturated carbocycles. The summed E-state index contributed by atoms with van der Waals surface area (Å²) in [4.78, 5) is 30.5. The van der Waals surface area contributed by atoms with Crippen molar-refractivity contribution in [3.8, 4) is 11.5 Å². The SMILES string of the molecule is NS(=O)(=O)c1ccc(CCNC(=O)CSc2nc3cc4c(cc3c(=O)n2Cc2ccco2)OCO4)cc1. The number of hydrogen-bond acceptors (Lipinski definition) is 9. The summed E-state index contributed by atoms with van der Waals surface area (Å²) in [6, 6.07) is 12.9. The number of primary sulfonamides is 1. The maximum Gasteiger partial charge on any atom is 0.262 e. The highest BCUT2D eigenvalue weighted by molar-refractivity contribution is 7.99. The number of thioether (sulfide) groups is 1. The molecule has 1 aliphatic heterocycles. The summed E-state index contributed by atoms with van der Waals surface area (Å²) in [7, 11) is -3.75. The second-order valence-corrected chi connectivity index (χ2v) is 10.7. The Hall–Kier alpha value is -3.81. The van der Waals surface area contributed by atoms with Gasteiger partial charge in [0.25, 0.3) is 5.56 Å². The third kappa shape index (κ3) is 5.63. The highest BCUT2D eigenvalue weighted by Gasteiger charge is 2.20. The Balaban J connectivity index is 1.28. The van der Waals surface area contributed by atoms with Crippen molar-refractivity contribution in [2.24, 2.45) is 5.14 Å². The van der Waals surface area contributed by atoms with Gasteiger partial charge in [-0.3, -0.25) is 14.2 Å². The van der Waals surface area contributed by atoms with Gasteiger partial charge < -0.3 is 19.2 Å². The molecule has 0 aliphatic carbocycles. The second kappa shape index (κ2) is 10.3. The lowest BCUT2D eigenvalue weighted by Crippen LogP contribution is -2.28. The van der Waals surface area contributed by atoms with Crippen LogP contribution in [0.15, 0.2) is 74.1 Å². The van der Waals surface area contributed by atoms with E-state index in [0.717, 1.165) is 17.3 Å². The van der Waals surface area contributed by atoms with Crippen molar-refractivity contribution in [2.75, 3.05) is 19.1 Å². The lowest BCUT2D eigenvalue weighted by Gasteiger charge is -2.13.